The second kappa shape index (κ2) is 9.93. The van der Waals surface area contributed by atoms with Gasteiger partial charge in [-0.3, -0.25) is 4.57 Å². The van der Waals surface area contributed by atoms with E-state index in [1.54, 1.807) is 11.3 Å². The highest BCUT2D eigenvalue weighted by atomic mass is 32.1. The zero-order valence-electron chi connectivity index (χ0n) is 23.4. The number of aromatic nitrogens is 5. The lowest BCUT2D eigenvalue weighted by Crippen LogP contribution is -2.00. The third-order valence-electron chi connectivity index (χ3n) is 8.11. The summed E-state index contributed by atoms with van der Waals surface area (Å²) in [6.07, 6.45) is 1.87. The summed E-state index contributed by atoms with van der Waals surface area (Å²) >= 11 is 1.77. The van der Waals surface area contributed by atoms with Crippen molar-refractivity contribution >= 4 is 53.4 Å². The van der Waals surface area contributed by atoms with Crippen molar-refractivity contribution < 1.29 is 0 Å². The van der Waals surface area contributed by atoms with Gasteiger partial charge in [-0.2, -0.15) is 0 Å². The van der Waals surface area contributed by atoms with Gasteiger partial charge in [-0.15, -0.1) is 11.3 Å². The Bertz CT molecular complexity index is 2390. The van der Waals surface area contributed by atoms with Crippen LogP contribution in [0.1, 0.15) is 0 Å². The van der Waals surface area contributed by atoms with Gasteiger partial charge in [0.1, 0.15) is 5.65 Å². The second-order valence-electron chi connectivity index (χ2n) is 10.7. The van der Waals surface area contributed by atoms with Crippen LogP contribution in [0.3, 0.4) is 0 Å². The Balaban J connectivity index is 1.26. The predicted molar refractivity (Wildman–Crippen MR) is 181 cm³/mol. The normalized spacial score (nSPS) is 11.6. The van der Waals surface area contributed by atoms with Gasteiger partial charge in [-0.25, -0.2) is 19.9 Å². The molecule has 0 aliphatic carbocycles. The van der Waals surface area contributed by atoms with Crippen molar-refractivity contribution in [1.29, 1.82) is 0 Å². The number of nitrogens with zero attached hydrogens (tertiary/aromatic N) is 5. The van der Waals surface area contributed by atoms with Crippen molar-refractivity contribution in [2.45, 2.75) is 0 Å². The molecular formula is C38H23N5S. The van der Waals surface area contributed by atoms with Crippen molar-refractivity contribution in [2.75, 3.05) is 0 Å². The Morgan fingerprint density at radius 3 is 1.93 bits per heavy atom. The molecule has 0 amide bonds. The minimum absolute atomic E-state index is 0.661. The fourth-order valence-electron chi connectivity index (χ4n) is 6.09. The van der Waals surface area contributed by atoms with Crippen molar-refractivity contribution in [3.05, 3.63) is 140 Å². The van der Waals surface area contributed by atoms with E-state index in [2.05, 4.69) is 71.3 Å². The number of hydrogen-bond donors (Lipinski definition) is 0. The SMILES string of the molecule is c1ccc(-c2nc(-c3ccccc3)nc(-c3cccc4c3sc3cc(-n5c6ccccc6c6cccnc65)ccc34)n2)cc1. The molecule has 0 saturated heterocycles. The number of para-hydroxylation sites is 1. The first-order valence-electron chi connectivity index (χ1n) is 14.5. The summed E-state index contributed by atoms with van der Waals surface area (Å²) in [5.74, 6) is 1.99. The monoisotopic (exact) mass is 581 g/mol. The van der Waals surface area contributed by atoms with E-state index >= 15 is 0 Å². The largest absolute Gasteiger partial charge is 0.294 e. The molecule has 6 heteroatoms. The minimum Gasteiger partial charge on any atom is -0.294 e. The van der Waals surface area contributed by atoms with E-state index in [-0.39, 0.29) is 0 Å². The van der Waals surface area contributed by atoms with Crippen LogP contribution in [-0.2, 0) is 0 Å². The van der Waals surface area contributed by atoms with Gasteiger partial charge >= 0.3 is 0 Å². The molecule has 0 bridgehead atoms. The highest BCUT2D eigenvalue weighted by molar-refractivity contribution is 7.26. The quantitative estimate of drug-likeness (QED) is 0.208. The van der Waals surface area contributed by atoms with Crippen molar-refractivity contribution in [2.24, 2.45) is 0 Å². The molecule has 0 atom stereocenters. The van der Waals surface area contributed by atoms with Crippen LogP contribution in [0.15, 0.2) is 140 Å². The molecule has 9 aromatic rings. The molecule has 5 aromatic carbocycles. The number of hydrogen-bond acceptors (Lipinski definition) is 5. The summed E-state index contributed by atoms with van der Waals surface area (Å²) in [5.41, 5.74) is 6.12. The molecule has 0 saturated carbocycles. The molecule has 0 fully saturated rings. The average molecular weight is 582 g/mol. The van der Waals surface area contributed by atoms with Crippen LogP contribution in [0.4, 0.5) is 0 Å². The zero-order chi connectivity index (χ0) is 29.0. The molecule has 4 heterocycles. The van der Waals surface area contributed by atoms with Gasteiger partial charge in [-0.1, -0.05) is 97.1 Å². The molecule has 44 heavy (non-hydrogen) atoms. The van der Waals surface area contributed by atoms with Crippen LogP contribution in [0, 0.1) is 0 Å². The van der Waals surface area contributed by atoms with Crippen molar-refractivity contribution in [3.63, 3.8) is 0 Å². The summed E-state index contributed by atoms with van der Waals surface area (Å²) in [6, 6.07) is 46.0. The summed E-state index contributed by atoms with van der Waals surface area (Å²) in [5, 5.41) is 4.76. The highest BCUT2D eigenvalue weighted by Gasteiger charge is 2.18. The topological polar surface area (TPSA) is 56.5 Å². The van der Waals surface area contributed by atoms with E-state index < -0.39 is 0 Å². The van der Waals surface area contributed by atoms with Crippen LogP contribution in [0.5, 0.6) is 0 Å². The van der Waals surface area contributed by atoms with Crippen LogP contribution in [0.25, 0.3) is 82.0 Å². The molecule has 5 nitrogen and oxygen atoms in total. The average Bonchev–Trinajstić information content (AvgIpc) is 3.64. The lowest BCUT2D eigenvalue weighted by molar-refractivity contribution is 1.08. The van der Waals surface area contributed by atoms with Crippen molar-refractivity contribution in [3.8, 4) is 39.9 Å². The third-order valence-corrected chi connectivity index (χ3v) is 9.32. The van der Waals surface area contributed by atoms with E-state index in [0.717, 1.165) is 43.6 Å². The first-order valence-corrected chi connectivity index (χ1v) is 15.3. The predicted octanol–water partition coefficient (Wildman–Crippen LogP) is 9.73. The molecule has 4 aromatic heterocycles. The molecule has 0 spiro atoms. The number of thiophene rings is 1. The van der Waals surface area contributed by atoms with Crippen LogP contribution in [0.2, 0.25) is 0 Å². The molecule has 0 N–H and O–H groups in total. The molecule has 9 rings (SSSR count). The lowest BCUT2D eigenvalue weighted by Gasteiger charge is -2.09. The van der Waals surface area contributed by atoms with E-state index in [9.17, 15) is 0 Å². The van der Waals surface area contributed by atoms with Crippen LogP contribution < -0.4 is 0 Å². The highest BCUT2D eigenvalue weighted by Crippen LogP contribution is 2.41. The van der Waals surface area contributed by atoms with E-state index in [0.29, 0.717) is 17.5 Å². The Labute approximate surface area is 256 Å². The van der Waals surface area contributed by atoms with E-state index in [1.807, 2.05) is 72.9 Å². The summed E-state index contributed by atoms with van der Waals surface area (Å²) < 4.78 is 4.62. The lowest BCUT2D eigenvalue weighted by atomic mass is 10.1. The minimum atomic E-state index is 0.661. The number of benzene rings is 5. The van der Waals surface area contributed by atoms with Gasteiger partial charge in [0.2, 0.25) is 0 Å². The smallest absolute Gasteiger partial charge is 0.165 e. The maximum atomic E-state index is 5.02. The van der Waals surface area contributed by atoms with Gasteiger partial charge in [-0.05, 0) is 36.4 Å². The van der Waals surface area contributed by atoms with Gasteiger partial charge in [0.25, 0.3) is 0 Å². The Morgan fingerprint density at radius 2 is 1.16 bits per heavy atom. The Hall–Kier alpha value is -5.72. The second-order valence-corrected chi connectivity index (χ2v) is 11.8. The van der Waals surface area contributed by atoms with Gasteiger partial charge < -0.3 is 0 Å². The first-order chi connectivity index (χ1) is 21.8. The maximum absolute atomic E-state index is 5.02. The summed E-state index contributed by atoms with van der Waals surface area (Å²) in [7, 11) is 0. The molecule has 0 aliphatic rings. The maximum Gasteiger partial charge on any atom is 0.165 e. The molecule has 0 aliphatic heterocycles. The van der Waals surface area contributed by atoms with Gasteiger partial charge in [0, 0.05) is 59.5 Å². The zero-order valence-corrected chi connectivity index (χ0v) is 24.2. The fraction of sp³-hybridized carbons (Fsp3) is 0. The molecular weight excluding hydrogens is 559 g/mol. The fourth-order valence-corrected chi connectivity index (χ4v) is 7.33. The number of rotatable bonds is 4. The van der Waals surface area contributed by atoms with Gasteiger partial charge in [0.05, 0.1) is 5.52 Å². The third kappa shape index (κ3) is 3.92. The molecule has 0 radical (unpaired) electrons. The molecule has 206 valence electrons. The van der Waals surface area contributed by atoms with E-state index in [4.69, 9.17) is 19.9 Å². The number of pyridine rings is 1. The first kappa shape index (κ1) is 24.8. The Kier molecular flexibility index (Phi) is 5.61. The van der Waals surface area contributed by atoms with Crippen molar-refractivity contribution in [1.82, 2.24) is 24.5 Å². The summed E-state index contributed by atoms with van der Waals surface area (Å²) in [4.78, 5) is 19.7. The van der Waals surface area contributed by atoms with Crippen LogP contribution in [-0.4, -0.2) is 24.5 Å². The van der Waals surface area contributed by atoms with E-state index in [1.165, 1.54) is 20.9 Å². The van der Waals surface area contributed by atoms with Gasteiger partial charge in [0.15, 0.2) is 17.5 Å². The standard InChI is InChI=1S/C38H23N5S/c1-3-11-24(12-4-1)35-40-36(25-13-5-2-6-14-25)42-37(41-35)31-17-9-16-29-28-21-20-26(23-33(28)44-34(29)31)43-32-19-8-7-15-27(32)30-18-10-22-39-38(30)43/h1-23H. The Morgan fingerprint density at radius 1 is 0.500 bits per heavy atom. The molecule has 0 unspecified atom stereocenters. The number of fused-ring (bicyclic) bond motifs is 6. The van der Waals surface area contributed by atoms with Crippen LogP contribution >= 0.6 is 11.3 Å². The summed E-state index contributed by atoms with van der Waals surface area (Å²) in [6.45, 7) is 0.